The van der Waals surface area contributed by atoms with Crippen LogP contribution in [0.3, 0.4) is 0 Å². The normalized spacial score (nSPS) is 19.7. The number of aliphatic hydroxyl groups is 1. The van der Waals surface area contributed by atoms with Gasteiger partial charge in [-0.05, 0) is 11.1 Å². The van der Waals surface area contributed by atoms with Crippen molar-refractivity contribution in [3.63, 3.8) is 0 Å². The fourth-order valence-electron chi connectivity index (χ4n) is 2.97. The van der Waals surface area contributed by atoms with Gasteiger partial charge in [0.25, 0.3) is 0 Å². The Morgan fingerprint density at radius 3 is 3.17 bits per heavy atom. The van der Waals surface area contributed by atoms with E-state index in [0.29, 0.717) is 13.0 Å². The molecule has 0 saturated heterocycles. The summed E-state index contributed by atoms with van der Waals surface area (Å²) in [7, 11) is 0. The minimum absolute atomic E-state index is 0.304. The van der Waals surface area contributed by atoms with Crippen LogP contribution in [0.4, 0.5) is 4.79 Å². The average Bonchev–Trinajstić information content (AvgIpc) is 3.19. The highest BCUT2D eigenvalue weighted by Gasteiger charge is 2.31. The lowest BCUT2D eigenvalue weighted by Crippen LogP contribution is -2.40. The zero-order chi connectivity index (χ0) is 15.8. The molecule has 0 spiro atoms. The number of aliphatic hydroxyl groups excluding tert-OH is 1. The van der Waals surface area contributed by atoms with Crippen molar-refractivity contribution in [1.29, 1.82) is 0 Å². The lowest BCUT2D eigenvalue weighted by molar-refractivity contribution is 0.142. The number of urea groups is 1. The molecule has 2 aromatic heterocycles. The molecule has 6 nitrogen and oxygen atoms in total. The number of imidazole rings is 1. The molecule has 2 amide bonds. The number of thiazole rings is 1. The van der Waals surface area contributed by atoms with E-state index in [2.05, 4.69) is 15.6 Å². The van der Waals surface area contributed by atoms with E-state index in [1.807, 2.05) is 46.4 Å². The summed E-state index contributed by atoms with van der Waals surface area (Å²) in [6.45, 7) is 0.352. The van der Waals surface area contributed by atoms with E-state index in [-0.39, 0.29) is 12.1 Å². The van der Waals surface area contributed by atoms with Crippen LogP contribution >= 0.6 is 11.3 Å². The molecule has 0 fully saturated rings. The molecule has 0 unspecified atom stereocenters. The molecular weight excluding hydrogens is 312 g/mol. The summed E-state index contributed by atoms with van der Waals surface area (Å²) in [6.07, 6.45) is 3.81. The number of benzene rings is 1. The molecule has 0 aliphatic heterocycles. The number of amides is 2. The van der Waals surface area contributed by atoms with Gasteiger partial charge in [0.15, 0.2) is 4.96 Å². The molecule has 23 heavy (non-hydrogen) atoms. The number of carbonyl (C=O) groups is 1. The predicted octanol–water partition coefficient (Wildman–Crippen LogP) is 1.85. The van der Waals surface area contributed by atoms with Gasteiger partial charge in [-0.1, -0.05) is 24.3 Å². The van der Waals surface area contributed by atoms with Crippen molar-refractivity contribution in [2.24, 2.45) is 0 Å². The Hall–Kier alpha value is -2.38. The van der Waals surface area contributed by atoms with Crippen molar-refractivity contribution in [3.05, 3.63) is 58.9 Å². The molecule has 3 N–H and O–H groups in total. The Labute approximate surface area is 136 Å². The molecule has 4 rings (SSSR count). The van der Waals surface area contributed by atoms with Gasteiger partial charge in [0.2, 0.25) is 0 Å². The number of rotatable bonds is 3. The van der Waals surface area contributed by atoms with E-state index >= 15 is 0 Å². The molecule has 0 radical (unpaired) electrons. The number of carbonyl (C=O) groups excluding carboxylic acids is 1. The maximum atomic E-state index is 12.1. The van der Waals surface area contributed by atoms with Crippen molar-refractivity contribution >= 4 is 22.3 Å². The topological polar surface area (TPSA) is 78.7 Å². The fourth-order valence-corrected chi connectivity index (χ4v) is 3.69. The van der Waals surface area contributed by atoms with Crippen LogP contribution in [0, 0.1) is 0 Å². The molecule has 1 aromatic carbocycles. The summed E-state index contributed by atoms with van der Waals surface area (Å²) in [5, 5.41) is 17.8. The largest absolute Gasteiger partial charge is 0.390 e. The highest BCUT2D eigenvalue weighted by molar-refractivity contribution is 7.15. The third-order valence-electron chi connectivity index (χ3n) is 4.06. The first-order valence-electron chi connectivity index (χ1n) is 7.42. The average molecular weight is 328 g/mol. The van der Waals surface area contributed by atoms with Gasteiger partial charge in [-0.15, -0.1) is 11.3 Å². The first-order valence-corrected chi connectivity index (χ1v) is 8.30. The molecule has 1 aliphatic carbocycles. The van der Waals surface area contributed by atoms with E-state index in [9.17, 15) is 9.90 Å². The van der Waals surface area contributed by atoms with Crippen LogP contribution in [0.5, 0.6) is 0 Å². The van der Waals surface area contributed by atoms with Crippen molar-refractivity contribution in [1.82, 2.24) is 20.0 Å². The van der Waals surface area contributed by atoms with Crippen LogP contribution in [0.25, 0.3) is 4.96 Å². The van der Waals surface area contributed by atoms with Gasteiger partial charge in [0.05, 0.1) is 24.4 Å². The lowest BCUT2D eigenvalue weighted by atomic mass is 10.1. The van der Waals surface area contributed by atoms with E-state index in [1.165, 1.54) is 0 Å². The summed E-state index contributed by atoms with van der Waals surface area (Å²) in [5.41, 5.74) is 2.87. The Balaban J connectivity index is 1.39. The van der Waals surface area contributed by atoms with Crippen molar-refractivity contribution in [3.8, 4) is 0 Å². The smallest absolute Gasteiger partial charge is 0.315 e. The summed E-state index contributed by atoms with van der Waals surface area (Å²) in [6, 6.07) is 7.12. The molecule has 2 atom stereocenters. The van der Waals surface area contributed by atoms with Gasteiger partial charge in [-0.2, -0.15) is 0 Å². The first kappa shape index (κ1) is 14.2. The SMILES string of the molecule is O=C(NCc1cn2ccsc2n1)N[C@@H]1c2ccccc2C[C@@H]1O. The fraction of sp³-hybridized carbons (Fsp3) is 0.250. The zero-order valence-corrected chi connectivity index (χ0v) is 13.1. The molecule has 0 saturated carbocycles. The van der Waals surface area contributed by atoms with Crippen molar-refractivity contribution < 1.29 is 9.90 Å². The van der Waals surface area contributed by atoms with Crippen LogP contribution in [-0.2, 0) is 13.0 Å². The quantitative estimate of drug-likeness (QED) is 0.686. The Bertz CT molecular complexity index is 828. The second-order valence-electron chi connectivity index (χ2n) is 5.60. The maximum absolute atomic E-state index is 12.1. The van der Waals surface area contributed by atoms with Gasteiger partial charge in [0, 0.05) is 24.2 Å². The predicted molar refractivity (Wildman–Crippen MR) is 87.3 cm³/mol. The van der Waals surface area contributed by atoms with Gasteiger partial charge in [-0.25, -0.2) is 9.78 Å². The van der Waals surface area contributed by atoms with Gasteiger partial charge in [0.1, 0.15) is 0 Å². The second kappa shape index (κ2) is 5.68. The van der Waals surface area contributed by atoms with E-state index in [1.54, 1.807) is 11.3 Å². The number of hydrogen-bond acceptors (Lipinski definition) is 4. The number of nitrogens with zero attached hydrogens (tertiary/aromatic N) is 2. The van der Waals surface area contributed by atoms with Gasteiger partial charge in [-0.3, -0.25) is 4.40 Å². The number of aromatic nitrogens is 2. The molecule has 118 valence electrons. The molecule has 1 aliphatic rings. The van der Waals surface area contributed by atoms with Gasteiger partial charge >= 0.3 is 6.03 Å². The summed E-state index contributed by atoms with van der Waals surface area (Å²) in [5.74, 6) is 0. The highest BCUT2D eigenvalue weighted by Crippen LogP contribution is 2.31. The third kappa shape index (κ3) is 2.69. The van der Waals surface area contributed by atoms with E-state index in [4.69, 9.17) is 0 Å². The zero-order valence-electron chi connectivity index (χ0n) is 12.3. The summed E-state index contributed by atoms with van der Waals surface area (Å²) in [4.78, 5) is 17.4. The van der Waals surface area contributed by atoms with Crippen LogP contribution < -0.4 is 10.6 Å². The van der Waals surface area contributed by atoms with Crippen LogP contribution in [0.2, 0.25) is 0 Å². The maximum Gasteiger partial charge on any atom is 0.315 e. The molecule has 7 heteroatoms. The Kier molecular flexibility index (Phi) is 3.51. The lowest BCUT2D eigenvalue weighted by Gasteiger charge is -2.18. The van der Waals surface area contributed by atoms with Crippen LogP contribution in [0.15, 0.2) is 42.0 Å². The minimum atomic E-state index is -0.587. The monoisotopic (exact) mass is 328 g/mol. The van der Waals surface area contributed by atoms with E-state index < -0.39 is 6.10 Å². The first-order chi connectivity index (χ1) is 11.2. The van der Waals surface area contributed by atoms with Crippen molar-refractivity contribution in [2.45, 2.75) is 25.1 Å². The third-order valence-corrected chi connectivity index (χ3v) is 4.83. The number of hydrogen-bond donors (Lipinski definition) is 3. The van der Waals surface area contributed by atoms with Crippen LogP contribution in [-0.4, -0.2) is 26.6 Å². The van der Waals surface area contributed by atoms with Crippen molar-refractivity contribution in [2.75, 3.05) is 0 Å². The number of nitrogens with one attached hydrogen (secondary N) is 2. The summed E-state index contributed by atoms with van der Waals surface area (Å²) < 4.78 is 1.93. The number of fused-ring (bicyclic) bond motifs is 2. The van der Waals surface area contributed by atoms with Gasteiger partial charge < -0.3 is 15.7 Å². The standard InChI is InChI=1S/C16H16N4O2S/c21-13-7-10-3-1-2-4-12(10)14(13)19-15(22)17-8-11-9-20-5-6-23-16(20)18-11/h1-6,9,13-14,21H,7-8H2,(H2,17,19,22)/t13-,14+/m0/s1. The molecule has 0 bridgehead atoms. The van der Waals surface area contributed by atoms with E-state index in [0.717, 1.165) is 21.8 Å². The minimum Gasteiger partial charge on any atom is -0.390 e. The molecule has 2 heterocycles. The molecular formula is C16H16N4O2S. The Morgan fingerprint density at radius 2 is 2.30 bits per heavy atom. The second-order valence-corrected chi connectivity index (χ2v) is 6.47. The van der Waals surface area contributed by atoms with Crippen LogP contribution in [0.1, 0.15) is 22.9 Å². The summed E-state index contributed by atoms with van der Waals surface area (Å²) >= 11 is 1.55. The Morgan fingerprint density at radius 1 is 1.43 bits per heavy atom. The molecule has 3 aromatic rings. The highest BCUT2D eigenvalue weighted by atomic mass is 32.1.